The third kappa shape index (κ3) is 3.14. The summed E-state index contributed by atoms with van der Waals surface area (Å²) in [6.45, 7) is -1.25. The molecule has 0 aromatic carbocycles. The van der Waals surface area contributed by atoms with Gasteiger partial charge in [0.1, 0.15) is 30.6 Å². The maximum absolute atomic E-state index is 10.7. The Morgan fingerprint density at radius 3 is 2.39 bits per heavy atom. The van der Waals surface area contributed by atoms with Crippen LogP contribution in [0.2, 0.25) is 0 Å². The van der Waals surface area contributed by atoms with Gasteiger partial charge in [0.25, 0.3) is 0 Å². The van der Waals surface area contributed by atoms with Gasteiger partial charge in [-0.05, 0) is 0 Å². The van der Waals surface area contributed by atoms with Crippen molar-refractivity contribution < 1.29 is 35.1 Å². The first-order valence-corrected chi connectivity index (χ1v) is 5.40. The molecule has 0 saturated carbocycles. The van der Waals surface area contributed by atoms with Gasteiger partial charge in [-0.2, -0.15) is 0 Å². The van der Waals surface area contributed by atoms with E-state index in [2.05, 4.69) is 5.32 Å². The molecule has 0 aromatic heterocycles. The molecule has 18 heavy (non-hydrogen) atoms. The van der Waals surface area contributed by atoms with Crippen LogP contribution in [0.4, 0.5) is 0 Å². The Morgan fingerprint density at radius 2 is 1.94 bits per heavy atom. The van der Waals surface area contributed by atoms with Gasteiger partial charge >= 0.3 is 5.97 Å². The molecule has 0 radical (unpaired) electrons. The van der Waals surface area contributed by atoms with E-state index in [1.807, 2.05) is 0 Å². The van der Waals surface area contributed by atoms with Crippen molar-refractivity contribution >= 4 is 5.97 Å². The van der Waals surface area contributed by atoms with Crippen LogP contribution in [0.25, 0.3) is 0 Å². The van der Waals surface area contributed by atoms with Crippen LogP contribution in [0.3, 0.4) is 0 Å². The van der Waals surface area contributed by atoms with Crippen molar-refractivity contribution in [3.8, 4) is 0 Å². The summed E-state index contributed by atoms with van der Waals surface area (Å²) in [7, 11) is 0. The maximum Gasteiger partial charge on any atom is 0.323 e. The summed E-state index contributed by atoms with van der Waals surface area (Å²) in [5.74, 6) is -1.31. The molecule has 1 fully saturated rings. The van der Waals surface area contributed by atoms with Crippen LogP contribution in [-0.2, 0) is 9.53 Å². The van der Waals surface area contributed by atoms with Gasteiger partial charge in [-0.3, -0.25) is 10.1 Å². The van der Waals surface area contributed by atoms with Crippen LogP contribution < -0.4 is 11.1 Å². The second kappa shape index (κ2) is 6.38. The standard InChI is InChI=1S/C9H18N2O7/c10-5-7(15)6(14)4(2-13)18-8(5)11-3(1-12)9(16)17/h3-8,11-15H,1-2,10H2,(H,16,17)/t3-,4+,5+,6+,7+,8?/m0/s1. The molecule has 0 aliphatic carbocycles. The minimum atomic E-state index is -1.37. The van der Waals surface area contributed by atoms with Gasteiger partial charge < -0.3 is 36.0 Å². The summed E-state index contributed by atoms with van der Waals surface area (Å²) in [6, 6.07) is -2.40. The van der Waals surface area contributed by atoms with Gasteiger partial charge in [0.05, 0.1) is 19.3 Å². The lowest BCUT2D eigenvalue weighted by molar-refractivity contribution is -0.200. The Labute approximate surface area is 103 Å². The lowest BCUT2D eigenvalue weighted by Crippen LogP contribution is -2.67. The quantitative estimate of drug-likeness (QED) is 0.261. The molecule has 106 valence electrons. The van der Waals surface area contributed by atoms with Crippen molar-refractivity contribution in [3.63, 3.8) is 0 Å². The Hall–Kier alpha value is -0.810. The highest BCUT2D eigenvalue weighted by atomic mass is 16.5. The van der Waals surface area contributed by atoms with Crippen molar-refractivity contribution in [1.82, 2.24) is 5.32 Å². The summed E-state index contributed by atoms with van der Waals surface area (Å²) in [4.78, 5) is 10.7. The second-order valence-corrected chi connectivity index (χ2v) is 4.08. The Bertz CT molecular complexity index is 288. The summed E-state index contributed by atoms with van der Waals surface area (Å²) >= 11 is 0. The third-order valence-corrected chi connectivity index (χ3v) is 2.82. The maximum atomic E-state index is 10.7. The number of aliphatic hydroxyl groups is 4. The van der Waals surface area contributed by atoms with Crippen LogP contribution in [-0.4, -0.2) is 81.3 Å². The number of hydrogen-bond acceptors (Lipinski definition) is 8. The van der Waals surface area contributed by atoms with Gasteiger partial charge in [-0.1, -0.05) is 0 Å². The zero-order valence-electron chi connectivity index (χ0n) is 9.51. The summed E-state index contributed by atoms with van der Waals surface area (Å²) in [5, 5.41) is 48.1. The lowest BCUT2D eigenvalue weighted by Gasteiger charge is -2.41. The first-order chi connectivity index (χ1) is 8.42. The molecule has 6 atom stereocenters. The SMILES string of the molecule is N[C@H]1C(N[C@@H](CO)C(=O)O)O[C@H](CO)[C@@H](O)[C@@H]1O. The monoisotopic (exact) mass is 266 g/mol. The van der Waals surface area contributed by atoms with E-state index >= 15 is 0 Å². The number of aliphatic carboxylic acids is 1. The van der Waals surface area contributed by atoms with Crippen molar-refractivity contribution in [2.75, 3.05) is 13.2 Å². The minimum absolute atomic E-state index is 0.556. The highest BCUT2D eigenvalue weighted by Crippen LogP contribution is 2.18. The van der Waals surface area contributed by atoms with E-state index in [0.717, 1.165) is 0 Å². The first-order valence-electron chi connectivity index (χ1n) is 5.40. The fourth-order valence-electron chi connectivity index (χ4n) is 1.69. The molecule has 1 saturated heterocycles. The van der Waals surface area contributed by atoms with Crippen LogP contribution in [0, 0.1) is 0 Å². The molecule has 1 aliphatic rings. The number of rotatable bonds is 5. The first kappa shape index (κ1) is 15.2. The largest absolute Gasteiger partial charge is 0.480 e. The molecule has 1 rings (SSSR count). The van der Waals surface area contributed by atoms with Crippen LogP contribution in [0.5, 0.6) is 0 Å². The number of carboxylic acid groups (broad SMARTS) is 1. The number of ether oxygens (including phenoxy) is 1. The molecular formula is C9H18N2O7. The third-order valence-electron chi connectivity index (χ3n) is 2.82. The molecule has 9 heteroatoms. The number of hydrogen-bond donors (Lipinski definition) is 7. The minimum Gasteiger partial charge on any atom is -0.480 e. The molecule has 8 N–H and O–H groups in total. The zero-order chi connectivity index (χ0) is 13.9. The molecule has 1 unspecified atom stereocenters. The molecule has 1 heterocycles. The summed E-state index contributed by atoms with van der Waals surface area (Å²) in [6.07, 6.45) is -4.92. The highest BCUT2D eigenvalue weighted by molar-refractivity contribution is 5.73. The lowest BCUT2D eigenvalue weighted by atomic mass is 9.96. The number of carboxylic acids is 1. The van der Waals surface area contributed by atoms with E-state index in [1.54, 1.807) is 0 Å². The highest BCUT2D eigenvalue weighted by Gasteiger charge is 2.43. The molecule has 0 amide bonds. The van der Waals surface area contributed by atoms with E-state index < -0.39 is 55.8 Å². The molecule has 0 aromatic rings. The molecule has 9 nitrogen and oxygen atoms in total. The van der Waals surface area contributed by atoms with Gasteiger partial charge in [0.15, 0.2) is 0 Å². The Balaban J connectivity index is 2.72. The molecule has 0 bridgehead atoms. The molecule has 1 aliphatic heterocycles. The number of nitrogens with one attached hydrogen (secondary N) is 1. The fraction of sp³-hybridized carbons (Fsp3) is 0.889. The van der Waals surface area contributed by atoms with E-state index in [-0.39, 0.29) is 0 Å². The normalized spacial score (nSPS) is 38.4. The van der Waals surface area contributed by atoms with Gasteiger partial charge in [-0.15, -0.1) is 0 Å². The van der Waals surface area contributed by atoms with Crippen LogP contribution in [0.15, 0.2) is 0 Å². The topological polar surface area (TPSA) is 166 Å². The van der Waals surface area contributed by atoms with Gasteiger partial charge in [0.2, 0.25) is 0 Å². The summed E-state index contributed by atoms with van der Waals surface area (Å²) < 4.78 is 5.14. The Morgan fingerprint density at radius 1 is 1.33 bits per heavy atom. The van der Waals surface area contributed by atoms with E-state index in [0.29, 0.717) is 0 Å². The van der Waals surface area contributed by atoms with Crippen LogP contribution >= 0.6 is 0 Å². The predicted molar refractivity (Wildman–Crippen MR) is 57.4 cm³/mol. The Kier molecular flexibility index (Phi) is 5.41. The number of aliphatic hydroxyl groups excluding tert-OH is 4. The average molecular weight is 266 g/mol. The second-order valence-electron chi connectivity index (χ2n) is 4.08. The van der Waals surface area contributed by atoms with Gasteiger partial charge in [-0.25, -0.2) is 0 Å². The van der Waals surface area contributed by atoms with Crippen molar-refractivity contribution in [3.05, 3.63) is 0 Å². The molecule has 0 spiro atoms. The van der Waals surface area contributed by atoms with Gasteiger partial charge in [0, 0.05) is 0 Å². The van der Waals surface area contributed by atoms with E-state index in [9.17, 15) is 15.0 Å². The van der Waals surface area contributed by atoms with Crippen molar-refractivity contribution in [2.24, 2.45) is 5.73 Å². The predicted octanol–water partition coefficient (Wildman–Crippen LogP) is -4.21. The van der Waals surface area contributed by atoms with Crippen molar-refractivity contribution in [2.45, 2.75) is 36.6 Å². The molecular weight excluding hydrogens is 248 g/mol. The number of nitrogens with two attached hydrogens (primary N) is 1. The van der Waals surface area contributed by atoms with E-state index in [1.165, 1.54) is 0 Å². The smallest absolute Gasteiger partial charge is 0.323 e. The van der Waals surface area contributed by atoms with Crippen molar-refractivity contribution in [1.29, 1.82) is 0 Å². The average Bonchev–Trinajstić information content (AvgIpc) is 2.35. The zero-order valence-corrected chi connectivity index (χ0v) is 9.51. The fourth-order valence-corrected chi connectivity index (χ4v) is 1.69. The van der Waals surface area contributed by atoms with E-state index in [4.69, 9.17) is 25.8 Å². The summed E-state index contributed by atoms with van der Waals surface area (Å²) in [5.41, 5.74) is 5.58. The number of carbonyl (C=O) groups is 1. The van der Waals surface area contributed by atoms with Crippen LogP contribution in [0.1, 0.15) is 0 Å².